The van der Waals surface area contributed by atoms with E-state index in [-0.39, 0.29) is 23.1 Å². The van der Waals surface area contributed by atoms with Gasteiger partial charge in [-0.15, -0.1) is 0 Å². The molecule has 0 bridgehead atoms. The molecule has 98 valence electrons. The quantitative estimate of drug-likeness (QED) is 0.551. The summed E-state index contributed by atoms with van der Waals surface area (Å²) in [7, 11) is 0. The number of hydrogen-bond acceptors (Lipinski definition) is 3. The van der Waals surface area contributed by atoms with E-state index in [1.165, 1.54) is 19.1 Å². The van der Waals surface area contributed by atoms with E-state index >= 15 is 0 Å². The summed E-state index contributed by atoms with van der Waals surface area (Å²) in [4.78, 5) is 22.7. The summed E-state index contributed by atoms with van der Waals surface area (Å²) < 4.78 is 0. The highest BCUT2D eigenvalue weighted by Crippen LogP contribution is 2.21. The molecule has 1 aromatic carbocycles. The van der Waals surface area contributed by atoms with Crippen molar-refractivity contribution < 1.29 is 14.7 Å². The SMILES string of the molecule is CCCCNC(=O)c1cc(NC(C)=O)ccc1O. The molecule has 0 aliphatic rings. The maximum Gasteiger partial charge on any atom is 0.255 e. The number of aromatic hydroxyl groups is 1. The number of amides is 2. The Morgan fingerprint density at radius 1 is 1.33 bits per heavy atom. The Morgan fingerprint density at radius 2 is 2.06 bits per heavy atom. The highest BCUT2D eigenvalue weighted by atomic mass is 16.3. The summed E-state index contributed by atoms with van der Waals surface area (Å²) >= 11 is 0. The molecule has 5 nitrogen and oxygen atoms in total. The van der Waals surface area contributed by atoms with Crippen molar-refractivity contribution in [3.63, 3.8) is 0 Å². The number of hydrogen-bond donors (Lipinski definition) is 3. The van der Waals surface area contributed by atoms with Crippen molar-refractivity contribution in [3.8, 4) is 5.75 Å². The van der Waals surface area contributed by atoms with Crippen LogP contribution in [0.2, 0.25) is 0 Å². The molecule has 0 aromatic heterocycles. The number of carbonyl (C=O) groups excluding carboxylic acids is 2. The molecule has 0 unspecified atom stereocenters. The molecule has 0 aliphatic heterocycles. The van der Waals surface area contributed by atoms with Gasteiger partial charge >= 0.3 is 0 Å². The third kappa shape index (κ3) is 4.08. The first-order valence-corrected chi connectivity index (χ1v) is 5.93. The topological polar surface area (TPSA) is 78.4 Å². The van der Waals surface area contributed by atoms with Crippen LogP contribution in [0, 0.1) is 0 Å². The summed E-state index contributed by atoms with van der Waals surface area (Å²) in [5.41, 5.74) is 0.651. The van der Waals surface area contributed by atoms with E-state index in [1.807, 2.05) is 6.92 Å². The Labute approximate surface area is 106 Å². The van der Waals surface area contributed by atoms with Gasteiger partial charge < -0.3 is 15.7 Å². The van der Waals surface area contributed by atoms with Crippen LogP contribution in [0.25, 0.3) is 0 Å². The van der Waals surface area contributed by atoms with Gasteiger partial charge in [0.15, 0.2) is 0 Å². The van der Waals surface area contributed by atoms with Crippen molar-refractivity contribution in [2.75, 3.05) is 11.9 Å². The van der Waals surface area contributed by atoms with Crippen LogP contribution in [0.4, 0.5) is 5.69 Å². The van der Waals surface area contributed by atoms with E-state index in [0.29, 0.717) is 12.2 Å². The molecule has 0 radical (unpaired) electrons. The number of carbonyl (C=O) groups is 2. The molecule has 5 heteroatoms. The molecule has 1 rings (SSSR count). The molecule has 0 saturated carbocycles. The fourth-order valence-electron chi connectivity index (χ4n) is 1.47. The maximum atomic E-state index is 11.8. The van der Waals surface area contributed by atoms with Crippen LogP contribution in [-0.2, 0) is 4.79 Å². The molecule has 3 N–H and O–H groups in total. The molecule has 0 spiro atoms. The normalized spacial score (nSPS) is 9.89. The van der Waals surface area contributed by atoms with E-state index in [4.69, 9.17) is 0 Å². The lowest BCUT2D eigenvalue weighted by molar-refractivity contribution is -0.114. The van der Waals surface area contributed by atoms with Crippen molar-refractivity contribution in [1.29, 1.82) is 0 Å². The molecule has 0 aliphatic carbocycles. The molecule has 1 aromatic rings. The number of rotatable bonds is 5. The predicted octanol–water partition coefficient (Wildman–Crippen LogP) is 1.88. The molecule has 18 heavy (non-hydrogen) atoms. The zero-order valence-electron chi connectivity index (χ0n) is 10.6. The number of benzene rings is 1. The second-order valence-electron chi connectivity index (χ2n) is 4.02. The van der Waals surface area contributed by atoms with Gasteiger partial charge in [-0.3, -0.25) is 9.59 Å². The van der Waals surface area contributed by atoms with Crippen molar-refractivity contribution in [1.82, 2.24) is 5.32 Å². The largest absolute Gasteiger partial charge is 0.507 e. The summed E-state index contributed by atoms with van der Waals surface area (Å²) in [6.07, 6.45) is 1.87. The second kappa shape index (κ2) is 6.64. The Bertz CT molecular complexity index is 444. The van der Waals surface area contributed by atoms with Crippen LogP contribution >= 0.6 is 0 Å². The molecular weight excluding hydrogens is 232 g/mol. The monoisotopic (exact) mass is 250 g/mol. The lowest BCUT2D eigenvalue weighted by Gasteiger charge is -2.08. The lowest BCUT2D eigenvalue weighted by Crippen LogP contribution is -2.24. The summed E-state index contributed by atoms with van der Waals surface area (Å²) in [6.45, 7) is 3.98. The smallest absolute Gasteiger partial charge is 0.255 e. The van der Waals surface area contributed by atoms with Crippen molar-refractivity contribution in [2.24, 2.45) is 0 Å². The number of anilines is 1. The van der Waals surface area contributed by atoms with Crippen LogP contribution < -0.4 is 10.6 Å². The van der Waals surface area contributed by atoms with Crippen LogP contribution in [-0.4, -0.2) is 23.5 Å². The molecule has 0 atom stereocenters. The van der Waals surface area contributed by atoms with Gasteiger partial charge in [-0.05, 0) is 24.6 Å². The maximum absolute atomic E-state index is 11.8. The van der Waals surface area contributed by atoms with Crippen LogP contribution in [0.5, 0.6) is 5.75 Å². The minimum atomic E-state index is -0.340. The van der Waals surface area contributed by atoms with Crippen molar-refractivity contribution in [2.45, 2.75) is 26.7 Å². The van der Waals surface area contributed by atoms with Crippen molar-refractivity contribution >= 4 is 17.5 Å². The zero-order chi connectivity index (χ0) is 13.5. The van der Waals surface area contributed by atoms with Crippen LogP contribution in [0.15, 0.2) is 18.2 Å². The fraction of sp³-hybridized carbons (Fsp3) is 0.385. The Kier molecular flexibility index (Phi) is 5.17. The summed E-state index contributed by atoms with van der Waals surface area (Å²) in [5.74, 6) is -0.663. The molecule has 0 fully saturated rings. The van der Waals surface area contributed by atoms with Gasteiger partial charge in [0.1, 0.15) is 5.75 Å². The highest BCUT2D eigenvalue weighted by molar-refractivity contribution is 5.99. The van der Waals surface area contributed by atoms with E-state index < -0.39 is 0 Å². The minimum absolute atomic E-state index is 0.0990. The van der Waals surface area contributed by atoms with E-state index in [2.05, 4.69) is 10.6 Å². The Morgan fingerprint density at radius 3 is 2.67 bits per heavy atom. The third-order valence-electron chi connectivity index (χ3n) is 2.38. The van der Waals surface area contributed by atoms with E-state index in [0.717, 1.165) is 12.8 Å². The van der Waals surface area contributed by atoms with E-state index in [1.54, 1.807) is 6.07 Å². The van der Waals surface area contributed by atoms with Gasteiger partial charge in [0.25, 0.3) is 5.91 Å². The number of nitrogens with one attached hydrogen (secondary N) is 2. The molecule has 0 saturated heterocycles. The van der Waals surface area contributed by atoms with Gasteiger partial charge in [0.05, 0.1) is 5.56 Å². The first-order valence-electron chi connectivity index (χ1n) is 5.93. The minimum Gasteiger partial charge on any atom is -0.507 e. The number of phenolic OH excluding ortho intramolecular Hbond substituents is 1. The predicted molar refractivity (Wildman–Crippen MR) is 69.7 cm³/mol. The standard InChI is InChI=1S/C13H18N2O3/c1-3-4-7-14-13(18)11-8-10(15-9(2)16)5-6-12(11)17/h5-6,8,17H,3-4,7H2,1-2H3,(H,14,18)(H,15,16). The van der Waals surface area contributed by atoms with Crippen molar-refractivity contribution in [3.05, 3.63) is 23.8 Å². The third-order valence-corrected chi connectivity index (χ3v) is 2.38. The average molecular weight is 250 g/mol. The molecule has 2 amide bonds. The van der Waals surface area contributed by atoms with Crippen LogP contribution in [0.3, 0.4) is 0 Å². The van der Waals surface area contributed by atoms with Gasteiger partial charge in [-0.2, -0.15) is 0 Å². The number of phenols is 1. The van der Waals surface area contributed by atoms with Crippen LogP contribution in [0.1, 0.15) is 37.0 Å². The first-order chi connectivity index (χ1) is 8.54. The van der Waals surface area contributed by atoms with Gasteiger partial charge in [-0.1, -0.05) is 13.3 Å². The summed E-state index contributed by atoms with van der Waals surface area (Å²) in [5, 5.41) is 14.9. The highest BCUT2D eigenvalue weighted by Gasteiger charge is 2.11. The molecule has 0 heterocycles. The lowest BCUT2D eigenvalue weighted by atomic mass is 10.1. The zero-order valence-corrected chi connectivity index (χ0v) is 10.6. The summed E-state index contributed by atoms with van der Waals surface area (Å²) in [6, 6.07) is 4.39. The Balaban J connectivity index is 2.79. The van der Waals surface area contributed by atoms with E-state index in [9.17, 15) is 14.7 Å². The first kappa shape index (κ1) is 14.0. The number of unbranched alkanes of at least 4 members (excludes halogenated alkanes) is 1. The second-order valence-corrected chi connectivity index (χ2v) is 4.02. The Hall–Kier alpha value is -2.04. The fourth-order valence-corrected chi connectivity index (χ4v) is 1.47. The van der Waals surface area contributed by atoms with Gasteiger partial charge in [0.2, 0.25) is 5.91 Å². The molecular formula is C13H18N2O3. The van der Waals surface area contributed by atoms with Gasteiger partial charge in [-0.25, -0.2) is 0 Å². The van der Waals surface area contributed by atoms with Gasteiger partial charge in [0, 0.05) is 19.2 Å². The average Bonchev–Trinajstić information content (AvgIpc) is 2.31.